The van der Waals surface area contributed by atoms with Crippen LogP contribution in [-0.2, 0) is 16.8 Å². The zero-order valence-electron chi connectivity index (χ0n) is 15.8. The van der Waals surface area contributed by atoms with E-state index in [0.717, 1.165) is 26.4 Å². The average molecular weight is 514 g/mol. The van der Waals surface area contributed by atoms with Gasteiger partial charge in [-0.15, -0.1) is 34.0 Å². The van der Waals surface area contributed by atoms with Crippen LogP contribution in [0.2, 0.25) is 0 Å². The summed E-state index contributed by atoms with van der Waals surface area (Å²) in [6.45, 7) is 4.30. The Morgan fingerprint density at radius 2 is 1.77 bits per heavy atom. The van der Waals surface area contributed by atoms with E-state index in [9.17, 15) is 0 Å². The number of fused-ring (bicyclic) bond motifs is 1. The Bertz CT molecular complexity index is 1380. The fraction of sp³-hybridized carbons (Fsp3) is 0.158. The van der Waals surface area contributed by atoms with Crippen LogP contribution in [0.3, 0.4) is 0 Å². The van der Waals surface area contributed by atoms with Crippen molar-refractivity contribution in [1.29, 1.82) is 0 Å². The molecular weight excluding hydrogens is 499 g/mol. The number of nitrogens with zero attached hydrogens (tertiary/aromatic N) is 6. The van der Waals surface area contributed by atoms with Crippen molar-refractivity contribution in [1.82, 2.24) is 19.9 Å². The van der Waals surface area contributed by atoms with Gasteiger partial charge in [-0.3, -0.25) is 0 Å². The van der Waals surface area contributed by atoms with Gasteiger partial charge >= 0.3 is 16.8 Å². The molecule has 5 aromatic rings. The Labute approximate surface area is 198 Å². The molecular formula is C19H14CoN6S4. The quantitative estimate of drug-likeness (QED) is 0.337. The summed E-state index contributed by atoms with van der Waals surface area (Å²) in [5.74, 6) is 0.455. The topological polar surface area (TPSA) is 78.7 Å². The van der Waals surface area contributed by atoms with Crippen molar-refractivity contribution in [2.24, 2.45) is 9.98 Å². The molecule has 1 radical (unpaired) electrons. The van der Waals surface area contributed by atoms with Gasteiger partial charge < -0.3 is 20.0 Å². The largest absolute Gasteiger partial charge is 2.00 e. The fourth-order valence-electron chi connectivity index (χ4n) is 2.53. The van der Waals surface area contributed by atoms with Crippen LogP contribution in [0, 0.1) is 0 Å². The van der Waals surface area contributed by atoms with Gasteiger partial charge in [-0.2, -0.15) is 11.3 Å². The molecule has 1 aromatic carbocycles. The van der Waals surface area contributed by atoms with Crippen molar-refractivity contribution >= 4 is 65.8 Å². The van der Waals surface area contributed by atoms with E-state index in [4.69, 9.17) is 0 Å². The molecule has 0 spiro atoms. The maximum absolute atomic E-state index is 4.60. The Balaban J connectivity index is 0.00000218. The van der Waals surface area contributed by atoms with Crippen LogP contribution >= 0.6 is 45.3 Å². The summed E-state index contributed by atoms with van der Waals surface area (Å²) < 4.78 is 1.12. The normalized spacial score (nSPS) is 12.8. The number of aromatic nitrogens is 4. The second kappa shape index (κ2) is 9.08. The summed E-state index contributed by atoms with van der Waals surface area (Å²) in [7, 11) is 0. The van der Waals surface area contributed by atoms with Gasteiger partial charge in [-0.25, -0.2) is 9.97 Å². The minimum atomic E-state index is 0. The summed E-state index contributed by atoms with van der Waals surface area (Å²) >= 11 is 6.13. The van der Waals surface area contributed by atoms with Gasteiger partial charge in [0.15, 0.2) is 0 Å². The van der Waals surface area contributed by atoms with Crippen molar-refractivity contribution in [2.75, 3.05) is 0 Å². The van der Waals surface area contributed by atoms with Crippen molar-refractivity contribution in [2.45, 2.75) is 19.8 Å². The van der Waals surface area contributed by atoms with Gasteiger partial charge in [-0.1, -0.05) is 32.2 Å². The Kier molecular flexibility index (Phi) is 6.46. The molecule has 11 heteroatoms. The summed E-state index contributed by atoms with van der Waals surface area (Å²) in [6, 6.07) is 8.02. The van der Waals surface area contributed by atoms with Crippen molar-refractivity contribution < 1.29 is 16.8 Å². The van der Waals surface area contributed by atoms with Crippen molar-refractivity contribution in [3.8, 4) is 11.4 Å². The average Bonchev–Trinajstić information content (AvgIpc) is 3.48. The number of rotatable bonds is 4. The predicted molar refractivity (Wildman–Crippen MR) is 121 cm³/mol. The maximum atomic E-state index is 4.60. The monoisotopic (exact) mass is 513 g/mol. The molecule has 0 atom stereocenters. The van der Waals surface area contributed by atoms with Crippen LogP contribution in [0.25, 0.3) is 21.6 Å². The zero-order chi connectivity index (χ0) is 19.8. The van der Waals surface area contributed by atoms with E-state index in [-0.39, 0.29) is 16.8 Å². The Morgan fingerprint density at radius 3 is 2.57 bits per heavy atom. The number of benzene rings is 1. The third-order valence-corrected chi connectivity index (χ3v) is 7.58. The van der Waals surface area contributed by atoms with Crippen molar-refractivity contribution in [3.63, 3.8) is 0 Å². The molecule has 6 nitrogen and oxygen atoms in total. The molecule has 0 aliphatic heterocycles. The van der Waals surface area contributed by atoms with Crippen LogP contribution in [0.5, 0.6) is 0 Å². The molecule has 0 saturated heterocycles. The van der Waals surface area contributed by atoms with E-state index in [1.54, 1.807) is 22.7 Å². The van der Waals surface area contributed by atoms with E-state index in [0.29, 0.717) is 21.0 Å². The number of thiazole rings is 4. The number of hydrogen-bond donors (Lipinski definition) is 0. The first-order chi connectivity index (χ1) is 14.1. The van der Waals surface area contributed by atoms with E-state index < -0.39 is 0 Å². The summed E-state index contributed by atoms with van der Waals surface area (Å²) in [5.41, 5.74) is 2.56. The predicted octanol–water partition coefficient (Wildman–Crippen LogP) is 5.04. The van der Waals surface area contributed by atoms with Crippen LogP contribution < -0.4 is 19.6 Å². The minimum absolute atomic E-state index is 0. The minimum Gasteiger partial charge on any atom is -0.433 e. The van der Waals surface area contributed by atoms with E-state index >= 15 is 0 Å². The van der Waals surface area contributed by atoms with Gasteiger partial charge in [0.25, 0.3) is 0 Å². The molecule has 30 heavy (non-hydrogen) atoms. The van der Waals surface area contributed by atoms with Gasteiger partial charge in [-0.05, 0) is 29.1 Å². The second-order valence-electron chi connectivity index (χ2n) is 6.42. The summed E-state index contributed by atoms with van der Waals surface area (Å²) in [4.78, 5) is 29.9. The first-order valence-corrected chi connectivity index (χ1v) is 12.2. The Hall–Kier alpha value is -1.89. The van der Waals surface area contributed by atoms with Gasteiger partial charge in [0.2, 0.25) is 0 Å². The molecule has 0 aliphatic rings. The van der Waals surface area contributed by atoms with Crippen LogP contribution in [0.15, 0.2) is 51.2 Å². The molecule has 4 aromatic heterocycles. The molecule has 4 heterocycles. The van der Waals surface area contributed by atoms with Gasteiger partial charge in [0, 0.05) is 19.9 Å². The molecule has 0 bridgehead atoms. The molecule has 0 aliphatic carbocycles. The SMILES string of the molecule is CC(C)c1c[n-]/c(=N\c2nc(-c3cs/c(=N/c4nc5ccccc5s4)[n-]3)cs2)s1.[Co+2]. The van der Waals surface area contributed by atoms with Crippen molar-refractivity contribution in [3.05, 3.63) is 55.7 Å². The molecule has 0 fully saturated rings. The summed E-state index contributed by atoms with van der Waals surface area (Å²) in [6.07, 6.45) is 1.89. The zero-order valence-corrected chi connectivity index (χ0v) is 20.1. The first kappa shape index (κ1) is 21.3. The fourth-order valence-corrected chi connectivity index (χ4v) is 5.64. The van der Waals surface area contributed by atoms with E-state index in [2.05, 4.69) is 43.8 Å². The smallest absolute Gasteiger partial charge is 0.433 e. The molecule has 0 saturated carbocycles. The van der Waals surface area contributed by atoms with E-state index in [1.807, 2.05) is 41.2 Å². The maximum Gasteiger partial charge on any atom is 2.00 e. The van der Waals surface area contributed by atoms with Gasteiger partial charge in [0.1, 0.15) is 10.3 Å². The molecule has 0 N–H and O–H groups in total. The van der Waals surface area contributed by atoms with Gasteiger partial charge in [0.05, 0.1) is 15.9 Å². The molecule has 5 rings (SSSR count). The Morgan fingerprint density at radius 1 is 0.933 bits per heavy atom. The molecule has 0 unspecified atom stereocenters. The standard InChI is InChI=1S/C19H14N6S4.Co/c1-10(2)15-7-20-16(29-15)24-17-22-12(8-26-17)13-9-27-18(23-13)25-19-21-11-5-3-4-6-14(11)28-19;/h3-10H,1-2H3;/q-2;+2. The van der Waals surface area contributed by atoms with Crippen LogP contribution in [-0.4, -0.2) is 9.97 Å². The summed E-state index contributed by atoms with van der Waals surface area (Å²) in [5, 5.41) is 5.32. The third kappa shape index (κ3) is 4.55. The molecule has 153 valence electrons. The number of para-hydroxylation sites is 1. The third-order valence-electron chi connectivity index (χ3n) is 3.99. The van der Waals surface area contributed by atoms with Crippen LogP contribution in [0.1, 0.15) is 24.6 Å². The second-order valence-corrected chi connectivity index (χ2v) is 10.1. The van der Waals surface area contributed by atoms with Crippen LogP contribution in [0.4, 0.5) is 10.3 Å². The van der Waals surface area contributed by atoms with E-state index in [1.165, 1.54) is 27.6 Å². The first-order valence-electron chi connectivity index (χ1n) is 8.80. The molecule has 0 amide bonds. The number of hydrogen-bond acceptors (Lipinski definition) is 8.